The van der Waals surface area contributed by atoms with Crippen molar-refractivity contribution in [3.8, 4) is 0 Å². The van der Waals surface area contributed by atoms with Crippen LogP contribution in [0, 0.1) is 13.3 Å². The Hall–Kier alpha value is 0.568. The van der Waals surface area contributed by atoms with Gasteiger partial charge in [-0.25, -0.2) is 0 Å². The van der Waals surface area contributed by atoms with E-state index in [0.717, 1.165) is 25.3 Å². The smallest absolute Gasteiger partial charge is 0.665 e. The maximum atomic E-state index is 8.63. The van der Waals surface area contributed by atoms with Gasteiger partial charge in [-0.15, -0.1) is 6.54 Å². The van der Waals surface area contributed by atoms with Crippen molar-refractivity contribution in [2.75, 3.05) is 26.8 Å². The molecule has 4 heteroatoms. The van der Waals surface area contributed by atoms with Gasteiger partial charge >= 0.3 is 21.1 Å². The van der Waals surface area contributed by atoms with Crippen molar-refractivity contribution in [3.63, 3.8) is 0 Å². The number of nitrogens with zero attached hydrogens (tertiary/aromatic N) is 1. The normalized spacial score (nSPS) is 24.4. The fourth-order valence-electron chi connectivity index (χ4n) is 2.12. The van der Waals surface area contributed by atoms with E-state index in [0.29, 0.717) is 12.7 Å². The molecule has 1 aliphatic rings. The van der Waals surface area contributed by atoms with Crippen LogP contribution in [0.1, 0.15) is 32.1 Å². The van der Waals surface area contributed by atoms with E-state index in [2.05, 4.69) is 5.32 Å². The summed E-state index contributed by atoms with van der Waals surface area (Å²) in [6, 6.07) is 0. The van der Waals surface area contributed by atoms with Crippen LogP contribution in [-0.2, 0) is 25.8 Å². The van der Waals surface area contributed by atoms with Crippen molar-refractivity contribution in [1.29, 1.82) is 0 Å². The van der Waals surface area contributed by atoms with Crippen LogP contribution in [-0.4, -0.2) is 38.0 Å². The van der Waals surface area contributed by atoms with Crippen molar-refractivity contribution < 1.29 is 30.9 Å². The van der Waals surface area contributed by atoms with Crippen LogP contribution in [0.2, 0.25) is 0 Å². The number of aliphatic hydroxyl groups is 1. The third kappa shape index (κ3) is 7.78. The summed E-state index contributed by atoms with van der Waals surface area (Å²) >= 11 is 0. The second-order valence-electron chi connectivity index (χ2n) is 4.07. The first kappa shape index (κ1) is 18.9. The van der Waals surface area contributed by atoms with Gasteiger partial charge in [0, 0.05) is 0 Å². The largest absolute Gasteiger partial charge is 2.00 e. The van der Waals surface area contributed by atoms with Crippen molar-refractivity contribution in [2.45, 2.75) is 38.2 Å². The van der Waals surface area contributed by atoms with Gasteiger partial charge in [0.2, 0.25) is 0 Å². The maximum absolute atomic E-state index is 8.63. The third-order valence-corrected chi connectivity index (χ3v) is 3.00. The van der Waals surface area contributed by atoms with Gasteiger partial charge in [0.25, 0.3) is 0 Å². The summed E-state index contributed by atoms with van der Waals surface area (Å²) in [7, 11) is 1.88. The van der Waals surface area contributed by atoms with E-state index in [9.17, 15) is 0 Å². The molecule has 0 amide bonds. The van der Waals surface area contributed by atoms with Gasteiger partial charge in [0.15, 0.2) is 0 Å². The standard InChI is InChI=1S/C11H22NO2.CH3.W/c1-12-7-6-10-2-4-11(5-3-10)14-9-8-13;;/h10-11,13H,2-9H2,1H3;1H3;/q2*-1;+2. The average molecular weight is 399 g/mol. The molecular weight excluding hydrogens is 374 g/mol. The van der Waals surface area contributed by atoms with E-state index >= 15 is 0 Å². The Morgan fingerprint density at radius 2 is 1.88 bits per heavy atom. The van der Waals surface area contributed by atoms with E-state index < -0.39 is 0 Å². The Balaban J connectivity index is 0. The summed E-state index contributed by atoms with van der Waals surface area (Å²) in [5.41, 5.74) is 0. The van der Waals surface area contributed by atoms with Gasteiger partial charge in [-0.3, -0.25) is 0 Å². The van der Waals surface area contributed by atoms with Crippen molar-refractivity contribution in [3.05, 3.63) is 12.7 Å². The second-order valence-corrected chi connectivity index (χ2v) is 4.07. The molecule has 96 valence electrons. The molecule has 0 unspecified atom stereocenters. The van der Waals surface area contributed by atoms with Gasteiger partial charge in [0.05, 0.1) is 19.3 Å². The van der Waals surface area contributed by atoms with Gasteiger partial charge in [-0.2, -0.15) is 7.05 Å². The van der Waals surface area contributed by atoms with Gasteiger partial charge < -0.3 is 22.6 Å². The molecule has 0 saturated heterocycles. The third-order valence-electron chi connectivity index (χ3n) is 3.00. The van der Waals surface area contributed by atoms with Crippen LogP contribution < -0.4 is 0 Å². The van der Waals surface area contributed by atoms with Crippen LogP contribution in [0.4, 0.5) is 0 Å². The number of hydrogen-bond donors (Lipinski definition) is 1. The molecule has 0 heterocycles. The fraction of sp³-hybridized carbons (Fsp3) is 0.917. The average Bonchev–Trinajstić information content (AvgIpc) is 2.25. The quantitative estimate of drug-likeness (QED) is 0.698. The Kier molecular flexibility index (Phi) is 14.2. The number of rotatable bonds is 6. The van der Waals surface area contributed by atoms with E-state index in [1.54, 1.807) is 0 Å². The summed E-state index contributed by atoms with van der Waals surface area (Å²) in [6.07, 6.45) is 6.50. The van der Waals surface area contributed by atoms with Crippen LogP contribution in [0.3, 0.4) is 0 Å². The SMILES string of the molecule is C[N-]CCC1CCC(OCCO)CC1.[CH3-].[W+2]. The molecule has 0 aliphatic heterocycles. The van der Waals surface area contributed by atoms with Gasteiger partial charge in [-0.1, -0.05) is 6.42 Å². The van der Waals surface area contributed by atoms with Crippen LogP contribution in [0.15, 0.2) is 0 Å². The van der Waals surface area contributed by atoms with E-state index in [1.165, 1.54) is 19.3 Å². The van der Waals surface area contributed by atoms with Gasteiger partial charge in [-0.05, 0) is 31.6 Å². The van der Waals surface area contributed by atoms with Crippen LogP contribution in [0.25, 0.3) is 5.32 Å². The Labute approximate surface area is 115 Å². The number of ether oxygens (including phenoxy) is 1. The molecule has 0 spiro atoms. The fourth-order valence-corrected chi connectivity index (χ4v) is 2.12. The van der Waals surface area contributed by atoms with Gasteiger partial charge in [0.1, 0.15) is 0 Å². The zero-order valence-corrected chi connectivity index (χ0v) is 13.5. The molecule has 1 N–H and O–H groups in total. The zero-order chi connectivity index (χ0) is 10.2. The van der Waals surface area contributed by atoms with Crippen LogP contribution >= 0.6 is 0 Å². The predicted molar refractivity (Wildman–Crippen MR) is 64.0 cm³/mol. The molecule has 0 aromatic carbocycles. The first-order valence-corrected chi connectivity index (χ1v) is 5.65. The monoisotopic (exact) mass is 399 g/mol. The van der Waals surface area contributed by atoms with E-state index in [4.69, 9.17) is 9.84 Å². The molecule has 16 heavy (non-hydrogen) atoms. The summed E-state index contributed by atoms with van der Waals surface area (Å²) in [5.74, 6) is 0.854. The Morgan fingerprint density at radius 1 is 1.25 bits per heavy atom. The first-order valence-electron chi connectivity index (χ1n) is 5.65. The minimum absolute atomic E-state index is 0. The molecule has 0 aromatic heterocycles. The number of hydrogen-bond acceptors (Lipinski definition) is 2. The number of aliphatic hydroxyl groups excluding tert-OH is 1. The van der Waals surface area contributed by atoms with Crippen molar-refractivity contribution in [2.24, 2.45) is 5.92 Å². The predicted octanol–water partition coefficient (Wildman–Crippen LogP) is 2.40. The minimum Gasteiger partial charge on any atom is -0.665 e. The zero-order valence-electron chi connectivity index (χ0n) is 10.5. The first-order chi connectivity index (χ1) is 6.86. The molecule has 0 atom stereocenters. The molecule has 1 fully saturated rings. The summed E-state index contributed by atoms with van der Waals surface area (Å²) in [6.45, 7) is 1.65. The molecule has 1 aliphatic carbocycles. The second kappa shape index (κ2) is 12.0. The minimum atomic E-state index is 0. The molecule has 3 nitrogen and oxygen atoms in total. The molecule has 0 radical (unpaired) electrons. The molecule has 0 aromatic rings. The Morgan fingerprint density at radius 3 is 2.38 bits per heavy atom. The van der Waals surface area contributed by atoms with E-state index in [1.807, 2.05) is 7.05 Å². The summed E-state index contributed by atoms with van der Waals surface area (Å²) in [4.78, 5) is 0. The molecular formula is C12H25NO2W. The molecule has 1 rings (SSSR count). The topological polar surface area (TPSA) is 43.6 Å². The van der Waals surface area contributed by atoms with Crippen LogP contribution in [0.5, 0.6) is 0 Å². The molecule has 1 saturated carbocycles. The summed E-state index contributed by atoms with van der Waals surface area (Å²) < 4.78 is 5.51. The van der Waals surface area contributed by atoms with Crippen molar-refractivity contribution in [1.82, 2.24) is 0 Å². The molecule has 0 bridgehead atoms. The summed E-state index contributed by atoms with van der Waals surface area (Å²) in [5, 5.41) is 12.8. The van der Waals surface area contributed by atoms with E-state index in [-0.39, 0.29) is 35.1 Å². The maximum Gasteiger partial charge on any atom is 2.00 e. The Bertz CT molecular complexity index is 123. The van der Waals surface area contributed by atoms with Crippen molar-refractivity contribution >= 4 is 0 Å².